The average molecular weight is 395 g/mol. The number of rotatable bonds is 7. The van der Waals surface area contributed by atoms with Gasteiger partial charge in [-0.3, -0.25) is 4.79 Å². The Morgan fingerprint density at radius 1 is 1.29 bits per heavy atom. The number of fused-ring (bicyclic) bond motifs is 1. The van der Waals surface area contributed by atoms with Crippen molar-refractivity contribution in [3.8, 4) is 0 Å². The predicted molar refractivity (Wildman–Crippen MR) is 98.1 cm³/mol. The number of ether oxygens (including phenoxy) is 1. The fraction of sp³-hybridized carbons (Fsp3) is 0.444. The highest BCUT2D eigenvalue weighted by molar-refractivity contribution is 9.10. The molecule has 0 bridgehead atoms. The number of aromatic amines is 1. The number of methoxy groups -OCH3 is 1. The molecule has 0 fully saturated rings. The van der Waals surface area contributed by atoms with Gasteiger partial charge in [0.25, 0.3) is 0 Å². The molecule has 0 aliphatic rings. The molecule has 0 saturated heterocycles. The lowest BCUT2D eigenvalue weighted by atomic mass is 10.0. The van der Waals surface area contributed by atoms with E-state index in [1.165, 1.54) is 7.11 Å². The van der Waals surface area contributed by atoms with E-state index in [0.717, 1.165) is 16.5 Å². The minimum absolute atomic E-state index is 0.195. The fourth-order valence-electron chi connectivity index (χ4n) is 2.64. The van der Waals surface area contributed by atoms with Crippen molar-refractivity contribution in [2.24, 2.45) is 5.92 Å². The van der Waals surface area contributed by atoms with Crippen molar-refractivity contribution in [2.75, 3.05) is 7.11 Å². The van der Waals surface area contributed by atoms with Crippen LogP contribution in [0.2, 0.25) is 0 Å². The topological polar surface area (TPSA) is 71.2 Å². The lowest BCUT2D eigenvalue weighted by Crippen LogP contribution is -2.46. The lowest BCUT2D eigenvalue weighted by molar-refractivity contribution is -0.145. The number of esters is 1. The van der Waals surface area contributed by atoms with Crippen LogP contribution < -0.4 is 5.32 Å². The van der Waals surface area contributed by atoms with Crippen LogP contribution in [0.15, 0.2) is 30.5 Å². The second-order valence-corrected chi connectivity index (χ2v) is 7.35. The maximum Gasteiger partial charge on any atom is 0.328 e. The quantitative estimate of drug-likeness (QED) is 0.559. The van der Waals surface area contributed by atoms with Crippen molar-refractivity contribution in [1.29, 1.82) is 0 Å². The monoisotopic (exact) mass is 394 g/mol. The zero-order valence-electron chi connectivity index (χ0n) is 14.1. The Morgan fingerprint density at radius 2 is 2.00 bits per heavy atom. The molecule has 2 aromatic rings. The van der Waals surface area contributed by atoms with Crippen LogP contribution in [0.25, 0.3) is 10.9 Å². The van der Waals surface area contributed by atoms with E-state index >= 15 is 0 Å². The van der Waals surface area contributed by atoms with E-state index in [4.69, 9.17) is 4.74 Å². The zero-order valence-corrected chi connectivity index (χ0v) is 15.7. The number of halogens is 1. The third-order valence-corrected chi connectivity index (χ3v) is 4.65. The largest absolute Gasteiger partial charge is 0.467 e. The van der Waals surface area contributed by atoms with E-state index in [-0.39, 0.29) is 10.7 Å². The van der Waals surface area contributed by atoms with Crippen molar-refractivity contribution in [3.05, 3.63) is 36.0 Å². The molecule has 2 unspecified atom stereocenters. The SMILES string of the molecule is COC(=O)C(Cc1c[nH]c2ccccc12)NC(=O)C(Br)CC(C)C. The normalized spacial score (nSPS) is 13.7. The van der Waals surface area contributed by atoms with Crippen LogP contribution in [0.3, 0.4) is 0 Å². The van der Waals surface area contributed by atoms with Crippen molar-refractivity contribution >= 4 is 38.7 Å². The van der Waals surface area contributed by atoms with E-state index in [1.807, 2.05) is 44.3 Å². The maximum atomic E-state index is 12.3. The first-order valence-electron chi connectivity index (χ1n) is 7.99. The van der Waals surface area contributed by atoms with Crippen molar-refractivity contribution < 1.29 is 14.3 Å². The van der Waals surface area contributed by atoms with Crippen molar-refractivity contribution in [3.63, 3.8) is 0 Å². The summed E-state index contributed by atoms with van der Waals surface area (Å²) in [4.78, 5) is 27.3. The Balaban J connectivity index is 2.14. The Bertz CT molecular complexity index is 711. The first-order valence-corrected chi connectivity index (χ1v) is 8.91. The third kappa shape index (κ3) is 4.60. The van der Waals surface area contributed by atoms with E-state index in [0.29, 0.717) is 18.8 Å². The Kier molecular flexibility index (Phi) is 6.43. The van der Waals surface area contributed by atoms with E-state index < -0.39 is 12.0 Å². The highest BCUT2D eigenvalue weighted by Gasteiger charge is 2.26. The van der Waals surface area contributed by atoms with Gasteiger partial charge in [0.2, 0.25) is 5.91 Å². The van der Waals surface area contributed by atoms with Gasteiger partial charge >= 0.3 is 5.97 Å². The standard InChI is InChI=1S/C18H23BrN2O3/c1-11(2)8-14(19)17(22)21-16(18(23)24-3)9-12-10-20-15-7-5-4-6-13(12)15/h4-7,10-11,14,16,20H,8-9H2,1-3H3,(H,21,22). The molecular weight excluding hydrogens is 372 g/mol. The number of carbonyl (C=O) groups excluding carboxylic acids is 2. The number of hydrogen-bond acceptors (Lipinski definition) is 3. The molecule has 0 saturated carbocycles. The van der Waals surface area contributed by atoms with Gasteiger partial charge in [0.15, 0.2) is 0 Å². The van der Waals surface area contributed by atoms with Gasteiger partial charge in [-0.05, 0) is 24.0 Å². The average Bonchev–Trinajstić information content (AvgIpc) is 2.96. The minimum atomic E-state index is -0.714. The molecule has 0 radical (unpaired) electrons. The molecule has 130 valence electrons. The predicted octanol–water partition coefficient (Wildman–Crippen LogP) is 3.18. The summed E-state index contributed by atoms with van der Waals surface area (Å²) >= 11 is 3.39. The number of benzene rings is 1. The maximum absolute atomic E-state index is 12.3. The fourth-order valence-corrected chi connectivity index (χ4v) is 3.52. The third-order valence-electron chi connectivity index (χ3n) is 3.86. The molecule has 5 nitrogen and oxygen atoms in total. The van der Waals surface area contributed by atoms with Crippen molar-refractivity contribution in [2.45, 2.75) is 37.6 Å². The second-order valence-electron chi connectivity index (χ2n) is 6.25. The summed E-state index contributed by atoms with van der Waals surface area (Å²) in [6.07, 6.45) is 2.95. The molecule has 2 N–H and O–H groups in total. The Hall–Kier alpha value is -1.82. The number of carbonyl (C=O) groups is 2. The number of para-hydroxylation sites is 1. The molecular formula is C18H23BrN2O3. The Labute approximate surface area is 150 Å². The van der Waals surface area contributed by atoms with Crippen LogP contribution in [0.4, 0.5) is 0 Å². The Morgan fingerprint density at radius 3 is 2.67 bits per heavy atom. The second kappa shape index (κ2) is 8.33. The molecule has 24 heavy (non-hydrogen) atoms. The van der Waals surface area contributed by atoms with E-state index in [2.05, 4.69) is 26.2 Å². The minimum Gasteiger partial charge on any atom is -0.467 e. The van der Waals surface area contributed by atoms with Crippen molar-refractivity contribution in [1.82, 2.24) is 10.3 Å². The van der Waals surface area contributed by atoms with Crippen LogP contribution in [0.5, 0.6) is 0 Å². The number of H-pyrrole nitrogens is 1. The molecule has 2 atom stereocenters. The smallest absolute Gasteiger partial charge is 0.328 e. The molecule has 1 amide bonds. The van der Waals surface area contributed by atoms with Crippen LogP contribution in [-0.2, 0) is 20.7 Å². The number of hydrogen-bond donors (Lipinski definition) is 2. The number of aromatic nitrogens is 1. The van der Waals surface area contributed by atoms with Gasteiger partial charge in [0.1, 0.15) is 6.04 Å². The zero-order chi connectivity index (χ0) is 17.7. The lowest BCUT2D eigenvalue weighted by Gasteiger charge is -2.19. The van der Waals surface area contributed by atoms with Gasteiger partial charge in [-0.15, -0.1) is 0 Å². The molecule has 0 spiro atoms. The van der Waals surface area contributed by atoms with Gasteiger partial charge in [-0.1, -0.05) is 48.0 Å². The van der Waals surface area contributed by atoms with Gasteiger partial charge < -0.3 is 15.0 Å². The first kappa shape index (κ1) is 18.5. The summed E-state index contributed by atoms with van der Waals surface area (Å²) in [7, 11) is 1.33. The van der Waals surface area contributed by atoms with Gasteiger partial charge in [-0.25, -0.2) is 4.79 Å². The van der Waals surface area contributed by atoms with E-state index in [9.17, 15) is 9.59 Å². The summed E-state index contributed by atoms with van der Waals surface area (Å²) in [5.41, 5.74) is 1.97. The highest BCUT2D eigenvalue weighted by atomic mass is 79.9. The first-order chi connectivity index (χ1) is 11.4. The van der Waals surface area contributed by atoms with Crippen LogP contribution >= 0.6 is 15.9 Å². The molecule has 0 aliphatic heterocycles. The highest BCUT2D eigenvalue weighted by Crippen LogP contribution is 2.20. The molecule has 6 heteroatoms. The summed E-state index contributed by atoms with van der Waals surface area (Å²) in [5, 5.41) is 3.84. The molecule has 0 aliphatic carbocycles. The molecule has 1 heterocycles. The summed E-state index contributed by atoms with van der Waals surface area (Å²) in [5.74, 6) is -0.262. The summed E-state index contributed by atoms with van der Waals surface area (Å²) < 4.78 is 4.86. The summed E-state index contributed by atoms with van der Waals surface area (Å²) in [6.45, 7) is 4.09. The van der Waals surface area contributed by atoms with Crippen LogP contribution in [0.1, 0.15) is 25.8 Å². The molecule has 2 rings (SSSR count). The van der Waals surface area contributed by atoms with Crippen LogP contribution in [-0.4, -0.2) is 34.8 Å². The summed E-state index contributed by atoms with van der Waals surface area (Å²) in [6, 6.07) is 7.14. The number of amides is 1. The molecule has 1 aromatic heterocycles. The van der Waals surface area contributed by atoms with Crippen LogP contribution in [0, 0.1) is 5.92 Å². The van der Waals surface area contributed by atoms with Gasteiger partial charge in [0.05, 0.1) is 11.9 Å². The number of nitrogens with one attached hydrogen (secondary N) is 2. The number of alkyl halides is 1. The van der Waals surface area contributed by atoms with Gasteiger partial charge in [-0.2, -0.15) is 0 Å². The molecule has 1 aromatic carbocycles. The van der Waals surface area contributed by atoms with Gasteiger partial charge in [0, 0.05) is 23.5 Å². The van der Waals surface area contributed by atoms with E-state index in [1.54, 1.807) is 0 Å².